The summed E-state index contributed by atoms with van der Waals surface area (Å²) in [6.45, 7) is 4.81. The first kappa shape index (κ1) is 10.1. The molecule has 62 valence electrons. The Kier molecular flexibility index (Phi) is 5.87. The van der Waals surface area contributed by atoms with Gasteiger partial charge < -0.3 is 10.5 Å². The first-order chi connectivity index (χ1) is 4.72. The molecule has 0 amide bonds. The Morgan fingerprint density at radius 1 is 1.70 bits per heavy atom. The van der Waals surface area contributed by atoms with Gasteiger partial charge in [-0.1, -0.05) is 0 Å². The molecule has 0 aromatic carbocycles. The number of hydrogen-bond acceptors (Lipinski definition) is 3. The van der Waals surface area contributed by atoms with E-state index in [1.807, 2.05) is 13.8 Å². The van der Waals surface area contributed by atoms with Crippen molar-refractivity contribution in [3.8, 4) is 0 Å². The predicted octanol–water partition coefficient (Wildman–Crippen LogP) is 0.0763. The quantitative estimate of drug-likeness (QED) is 0.627. The van der Waals surface area contributed by atoms with E-state index in [1.165, 1.54) is 0 Å². The first-order valence-corrected chi connectivity index (χ1v) is 4.75. The minimum absolute atomic E-state index is 0.0477. The van der Waals surface area contributed by atoms with Gasteiger partial charge in [0.1, 0.15) is 5.94 Å². The maximum atomic E-state index is 11.0. The standard InChI is InChI=1S/C6H15NO2S/c1-3-9-5-10(8)6(2)4-7/h6H,3-5,7H2,1-2H3. The van der Waals surface area contributed by atoms with E-state index < -0.39 is 10.8 Å². The van der Waals surface area contributed by atoms with E-state index in [1.54, 1.807) is 0 Å². The van der Waals surface area contributed by atoms with Gasteiger partial charge in [-0.25, -0.2) is 0 Å². The van der Waals surface area contributed by atoms with Gasteiger partial charge in [-0.15, -0.1) is 0 Å². The molecule has 0 aliphatic carbocycles. The fourth-order valence-electron chi connectivity index (χ4n) is 0.389. The third-order valence-corrected chi connectivity index (χ3v) is 2.67. The van der Waals surface area contributed by atoms with Gasteiger partial charge in [0.15, 0.2) is 0 Å². The zero-order valence-corrected chi connectivity index (χ0v) is 7.32. The molecule has 0 aromatic heterocycles. The van der Waals surface area contributed by atoms with Crippen molar-refractivity contribution in [1.29, 1.82) is 0 Å². The molecule has 0 saturated carbocycles. The lowest BCUT2D eigenvalue weighted by atomic mass is 10.5. The van der Waals surface area contributed by atoms with E-state index >= 15 is 0 Å². The molecule has 4 heteroatoms. The average molecular weight is 165 g/mol. The summed E-state index contributed by atoms with van der Waals surface area (Å²) in [7, 11) is -0.912. The highest BCUT2D eigenvalue weighted by Crippen LogP contribution is 1.93. The highest BCUT2D eigenvalue weighted by Gasteiger charge is 2.07. The number of hydrogen-bond donors (Lipinski definition) is 1. The predicted molar refractivity (Wildman–Crippen MR) is 43.2 cm³/mol. The molecule has 2 atom stereocenters. The summed E-state index contributed by atoms with van der Waals surface area (Å²) in [5.74, 6) is 0.314. The van der Waals surface area contributed by atoms with Gasteiger partial charge >= 0.3 is 0 Å². The lowest BCUT2D eigenvalue weighted by Gasteiger charge is -2.07. The van der Waals surface area contributed by atoms with Crippen LogP contribution in [0.1, 0.15) is 13.8 Å². The van der Waals surface area contributed by atoms with Crippen LogP contribution in [0.2, 0.25) is 0 Å². The van der Waals surface area contributed by atoms with E-state index in [2.05, 4.69) is 0 Å². The summed E-state index contributed by atoms with van der Waals surface area (Å²) in [6, 6.07) is 0. The summed E-state index contributed by atoms with van der Waals surface area (Å²) in [4.78, 5) is 0. The molecule has 2 unspecified atom stereocenters. The molecular formula is C6H15NO2S. The second-order valence-corrected chi connectivity index (χ2v) is 3.84. The summed E-state index contributed by atoms with van der Waals surface area (Å²) >= 11 is 0. The van der Waals surface area contributed by atoms with Crippen LogP contribution in [0, 0.1) is 0 Å². The highest BCUT2D eigenvalue weighted by molar-refractivity contribution is 7.85. The Morgan fingerprint density at radius 3 is 2.70 bits per heavy atom. The lowest BCUT2D eigenvalue weighted by Crippen LogP contribution is -2.24. The monoisotopic (exact) mass is 165 g/mol. The minimum atomic E-state index is -0.912. The molecular weight excluding hydrogens is 150 g/mol. The van der Waals surface area contributed by atoms with Gasteiger partial charge in [0.2, 0.25) is 0 Å². The van der Waals surface area contributed by atoms with E-state index in [9.17, 15) is 4.21 Å². The van der Waals surface area contributed by atoms with Crippen LogP contribution < -0.4 is 5.73 Å². The Bertz CT molecular complexity index is 108. The molecule has 0 spiro atoms. The smallest absolute Gasteiger partial charge is 0.122 e. The van der Waals surface area contributed by atoms with Crippen LogP contribution in [-0.4, -0.2) is 28.5 Å². The fourth-order valence-corrected chi connectivity index (χ4v) is 1.17. The molecule has 3 nitrogen and oxygen atoms in total. The maximum absolute atomic E-state index is 11.0. The van der Waals surface area contributed by atoms with E-state index in [-0.39, 0.29) is 5.25 Å². The van der Waals surface area contributed by atoms with Crippen LogP contribution in [0.25, 0.3) is 0 Å². The number of nitrogens with two attached hydrogens (primary N) is 1. The van der Waals surface area contributed by atoms with Gasteiger partial charge in [-0.3, -0.25) is 4.21 Å². The van der Waals surface area contributed by atoms with E-state index in [0.29, 0.717) is 19.1 Å². The van der Waals surface area contributed by atoms with Gasteiger partial charge in [0.05, 0.1) is 10.8 Å². The largest absolute Gasteiger partial charge is 0.368 e. The Labute approximate surface area is 64.4 Å². The lowest BCUT2D eigenvalue weighted by molar-refractivity contribution is 0.195. The van der Waals surface area contributed by atoms with Crippen molar-refractivity contribution in [2.24, 2.45) is 5.73 Å². The molecule has 0 radical (unpaired) electrons. The third-order valence-electron chi connectivity index (χ3n) is 1.18. The van der Waals surface area contributed by atoms with Crippen LogP contribution in [0.15, 0.2) is 0 Å². The summed E-state index contributed by atoms with van der Waals surface area (Å²) < 4.78 is 16.0. The van der Waals surface area contributed by atoms with Crippen molar-refractivity contribution in [3.63, 3.8) is 0 Å². The van der Waals surface area contributed by atoms with Crippen molar-refractivity contribution in [2.45, 2.75) is 19.1 Å². The molecule has 0 rings (SSSR count). The van der Waals surface area contributed by atoms with Crippen molar-refractivity contribution in [2.75, 3.05) is 19.1 Å². The molecule has 0 aliphatic rings. The minimum Gasteiger partial charge on any atom is -0.368 e. The van der Waals surface area contributed by atoms with Crippen molar-refractivity contribution < 1.29 is 8.95 Å². The van der Waals surface area contributed by atoms with Crippen molar-refractivity contribution >= 4 is 10.8 Å². The van der Waals surface area contributed by atoms with E-state index in [4.69, 9.17) is 10.5 Å². The maximum Gasteiger partial charge on any atom is 0.122 e. The molecule has 0 aromatic rings. The molecule has 0 saturated heterocycles. The third kappa shape index (κ3) is 3.98. The van der Waals surface area contributed by atoms with Crippen LogP contribution >= 0.6 is 0 Å². The van der Waals surface area contributed by atoms with Gasteiger partial charge in [-0.2, -0.15) is 0 Å². The molecule has 2 N–H and O–H groups in total. The van der Waals surface area contributed by atoms with Crippen molar-refractivity contribution in [3.05, 3.63) is 0 Å². The van der Waals surface area contributed by atoms with Gasteiger partial charge in [-0.05, 0) is 13.8 Å². The molecule has 10 heavy (non-hydrogen) atoms. The van der Waals surface area contributed by atoms with Crippen LogP contribution in [-0.2, 0) is 15.5 Å². The second-order valence-electron chi connectivity index (χ2n) is 2.04. The normalized spacial score (nSPS) is 16.7. The topological polar surface area (TPSA) is 52.3 Å². The van der Waals surface area contributed by atoms with Gasteiger partial charge in [0, 0.05) is 18.4 Å². The van der Waals surface area contributed by atoms with Crippen LogP contribution in [0.3, 0.4) is 0 Å². The summed E-state index contributed by atoms with van der Waals surface area (Å²) in [5.41, 5.74) is 5.30. The van der Waals surface area contributed by atoms with Crippen LogP contribution in [0.5, 0.6) is 0 Å². The molecule has 0 bridgehead atoms. The fraction of sp³-hybridized carbons (Fsp3) is 1.00. The summed E-state index contributed by atoms with van der Waals surface area (Å²) in [6.07, 6.45) is 0. The zero-order valence-electron chi connectivity index (χ0n) is 6.50. The number of ether oxygens (including phenoxy) is 1. The Morgan fingerprint density at radius 2 is 2.30 bits per heavy atom. The van der Waals surface area contributed by atoms with Gasteiger partial charge in [0.25, 0.3) is 0 Å². The Hall–Kier alpha value is 0.0700. The second kappa shape index (κ2) is 5.82. The molecule has 0 fully saturated rings. The molecule has 0 heterocycles. The molecule has 0 aliphatic heterocycles. The average Bonchev–Trinajstić information content (AvgIpc) is 1.98. The SMILES string of the molecule is CCOCS(=O)C(C)CN. The van der Waals surface area contributed by atoms with Crippen LogP contribution in [0.4, 0.5) is 0 Å². The number of rotatable bonds is 5. The van der Waals surface area contributed by atoms with Crippen molar-refractivity contribution in [1.82, 2.24) is 0 Å². The summed E-state index contributed by atoms with van der Waals surface area (Å²) in [5, 5.41) is 0.0477. The zero-order chi connectivity index (χ0) is 7.98. The van der Waals surface area contributed by atoms with E-state index in [0.717, 1.165) is 0 Å². The highest BCUT2D eigenvalue weighted by atomic mass is 32.2. The Balaban J connectivity index is 3.42. The first-order valence-electron chi connectivity index (χ1n) is 3.37.